The van der Waals surface area contributed by atoms with Crippen LogP contribution in [0.4, 0.5) is 0 Å². The quantitative estimate of drug-likeness (QED) is 0.709. The van der Waals surface area contributed by atoms with Gasteiger partial charge in [0.15, 0.2) is 0 Å². The van der Waals surface area contributed by atoms with Crippen molar-refractivity contribution in [2.45, 2.75) is 32.2 Å². The summed E-state index contributed by atoms with van der Waals surface area (Å²) in [5.74, 6) is -3.17. The Kier molecular flexibility index (Phi) is 6.17. The standard InChI is InChI=1S/C14H16ClNO5/c1-8-2-3-9(6-10(8)15)4-5-12(17)16-11(14(20)21)7-13(18)19/h2-3,6,11H,4-5,7H2,1H3,(H,16,17)(H,18,19)(H,20,21). The minimum Gasteiger partial charge on any atom is -0.481 e. The number of carboxylic acid groups (broad SMARTS) is 2. The van der Waals surface area contributed by atoms with Gasteiger partial charge in [0.1, 0.15) is 6.04 Å². The molecule has 0 saturated heterocycles. The van der Waals surface area contributed by atoms with E-state index in [0.29, 0.717) is 11.4 Å². The van der Waals surface area contributed by atoms with Gasteiger partial charge in [-0.25, -0.2) is 4.79 Å². The maximum Gasteiger partial charge on any atom is 0.326 e. The zero-order valence-electron chi connectivity index (χ0n) is 11.4. The Bertz CT molecular complexity index is 558. The first-order valence-corrected chi connectivity index (χ1v) is 6.66. The molecule has 0 radical (unpaired) electrons. The van der Waals surface area contributed by atoms with E-state index in [1.807, 2.05) is 19.1 Å². The second kappa shape index (κ2) is 7.64. The van der Waals surface area contributed by atoms with Crippen molar-refractivity contribution in [3.05, 3.63) is 34.3 Å². The topological polar surface area (TPSA) is 104 Å². The van der Waals surface area contributed by atoms with Crippen molar-refractivity contribution in [1.29, 1.82) is 0 Å². The monoisotopic (exact) mass is 313 g/mol. The molecule has 0 aromatic heterocycles. The molecule has 0 heterocycles. The Morgan fingerprint density at radius 1 is 1.29 bits per heavy atom. The molecule has 7 heteroatoms. The average Bonchev–Trinajstić information content (AvgIpc) is 2.38. The summed E-state index contributed by atoms with van der Waals surface area (Å²) >= 11 is 5.97. The molecule has 1 aromatic carbocycles. The molecule has 1 rings (SSSR count). The van der Waals surface area contributed by atoms with E-state index < -0.39 is 30.3 Å². The summed E-state index contributed by atoms with van der Waals surface area (Å²) in [4.78, 5) is 33.0. The van der Waals surface area contributed by atoms with Crippen molar-refractivity contribution >= 4 is 29.4 Å². The Labute approximate surface area is 126 Å². The molecule has 3 N–H and O–H groups in total. The molecule has 6 nitrogen and oxygen atoms in total. The Balaban J connectivity index is 2.54. The van der Waals surface area contributed by atoms with E-state index in [0.717, 1.165) is 11.1 Å². The number of aryl methyl sites for hydroxylation is 2. The highest BCUT2D eigenvalue weighted by atomic mass is 35.5. The number of rotatable bonds is 7. The van der Waals surface area contributed by atoms with Crippen molar-refractivity contribution in [2.24, 2.45) is 0 Å². The zero-order chi connectivity index (χ0) is 16.0. The summed E-state index contributed by atoms with van der Waals surface area (Å²) in [6, 6.07) is 3.99. The second-order valence-corrected chi connectivity index (χ2v) is 5.05. The molecular formula is C14H16ClNO5. The largest absolute Gasteiger partial charge is 0.481 e. The maximum atomic E-state index is 11.7. The molecule has 1 unspecified atom stereocenters. The van der Waals surface area contributed by atoms with Gasteiger partial charge in [-0.2, -0.15) is 0 Å². The molecule has 0 saturated carbocycles. The number of amides is 1. The normalized spacial score (nSPS) is 11.7. The Morgan fingerprint density at radius 2 is 1.95 bits per heavy atom. The first kappa shape index (κ1) is 17.0. The third kappa shape index (κ3) is 5.83. The molecule has 114 valence electrons. The van der Waals surface area contributed by atoms with Gasteiger partial charge in [0, 0.05) is 11.4 Å². The fourth-order valence-corrected chi connectivity index (χ4v) is 1.89. The summed E-state index contributed by atoms with van der Waals surface area (Å²) in [5, 5.41) is 20.2. The molecule has 0 aliphatic heterocycles. The van der Waals surface area contributed by atoms with Crippen molar-refractivity contribution in [3.63, 3.8) is 0 Å². The third-order valence-electron chi connectivity index (χ3n) is 2.89. The molecule has 0 spiro atoms. The van der Waals surface area contributed by atoms with Gasteiger partial charge in [0.25, 0.3) is 0 Å². The van der Waals surface area contributed by atoms with Crippen LogP contribution in [0.2, 0.25) is 5.02 Å². The van der Waals surface area contributed by atoms with Crippen LogP contribution in [0.15, 0.2) is 18.2 Å². The van der Waals surface area contributed by atoms with E-state index >= 15 is 0 Å². The van der Waals surface area contributed by atoms with Crippen LogP contribution >= 0.6 is 11.6 Å². The predicted octanol–water partition coefficient (Wildman–Crippen LogP) is 1.63. The number of benzene rings is 1. The van der Waals surface area contributed by atoms with Crippen LogP contribution < -0.4 is 5.32 Å². The highest BCUT2D eigenvalue weighted by Gasteiger charge is 2.22. The van der Waals surface area contributed by atoms with Crippen molar-refractivity contribution < 1.29 is 24.6 Å². The summed E-state index contributed by atoms with van der Waals surface area (Å²) < 4.78 is 0. The van der Waals surface area contributed by atoms with Gasteiger partial charge in [-0.15, -0.1) is 0 Å². The molecule has 1 aromatic rings. The van der Waals surface area contributed by atoms with Crippen LogP contribution in [-0.4, -0.2) is 34.1 Å². The molecule has 1 amide bonds. The maximum absolute atomic E-state index is 11.7. The fourth-order valence-electron chi connectivity index (χ4n) is 1.69. The third-order valence-corrected chi connectivity index (χ3v) is 3.30. The number of aliphatic carboxylic acids is 2. The molecule has 1 atom stereocenters. The van der Waals surface area contributed by atoms with Crippen molar-refractivity contribution in [2.75, 3.05) is 0 Å². The van der Waals surface area contributed by atoms with Gasteiger partial charge >= 0.3 is 11.9 Å². The fraction of sp³-hybridized carbons (Fsp3) is 0.357. The van der Waals surface area contributed by atoms with Crippen molar-refractivity contribution in [1.82, 2.24) is 5.32 Å². The van der Waals surface area contributed by atoms with E-state index in [1.54, 1.807) is 6.07 Å². The number of halogens is 1. The summed E-state index contributed by atoms with van der Waals surface area (Å²) in [5.41, 5.74) is 1.78. The molecule has 0 aliphatic rings. The van der Waals surface area contributed by atoms with E-state index in [1.165, 1.54) is 0 Å². The van der Waals surface area contributed by atoms with Crippen molar-refractivity contribution in [3.8, 4) is 0 Å². The smallest absolute Gasteiger partial charge is 0.326 e. The number of hydrogen-bond donors (Lipinski definition) is 3. The lowest BCUT2D eigenvalue weighted by Crippen LogP contribution is -2.42. The lowest BCUT2D eigenvalue weighted by atomic mass is 10.1. The number of carbonyl (C=O) groups excluding carboxylic acids is 1. The molecule has 0 bridgehead atoms. The highest BCUT2D eigenvalue weighted by Crippen LogP contribution is 2.17. The number of nitrogens with one attached hydrogen (secondary N) is 1. The van der Waals surface area contributed by atoms with Gasteiger partial charge in [0.2, 0.25) is 5.91 Å². The highest BCUT2D eigenvalue weighted by molar-refractivity contribution is 6.31. The van der Waals surface area contributed by atoms with Crippen LogP contribution in [0.5, 0.6) is 0 Å². The number of hydrogen-bond acceptors (Lipinski definition) is 3. The molecule has 21 heavy (non-hydrogen) atoms. The van der Waals surface area contributed by atoms with Crippen LogP contribution in [0.1, 0.15) is 24.0 Å². The van der Waals surface area contributed by atoms with E-state index in [2.05, 4.69) is 5.32 Å². The summed E-state index contributed by atoms with van der Waals surface area (Å²) in [6.45, 7) is 1.86. The van der Waals surface area contributed by atoms with Crippen LogP contribution in [0, 0.1) is 6.92 Å². The first-order chi connectivity index (χ1) is 9.79. The summed E-state index contributed by atoms with van der Waals surface area (Å²) in [6.07, 6.45) is -0.203. The van der Waals surface area contributed by atoms with Crippen LogP contribution in [-0.2, 0) is 20.8 Å². The number of carboxylic acids is 2. The molecule has 0 fully saturated rings. The minimum absolute atomic E-state index is 0.0583. The van der Waals surface area contributed by atoms with E-state index in [9.17, 15) is 14.4 Å². The van der Waals surface area contributed by atoms with Gasteiger partial charge in [0.05, 0.1) is 6.42 Å². The SMILES string of the molecule is Cc1ccc(CCC(=O)NC(CC(=O)O)C(=O)O)cc1Cl. The average molecular weight is 314 g/mol. The van der Waals surface area contributed by atoms with Gasteiger partial charge in [-0.3, -0.25) is 9.59 Å². The van der Waals surface area contributed by atoms with Crippen LogP contribution in [0.25, 0.3) is 0 Å². The Morgan fingerprint density at radius 3 is 2.48 bits per heavy atom. The van der Waals surface area contributed by atoms with Crippen LogP contribution in [0.3, 0.4) is 0 Å². The van der Waals surface area contributed by atoms with Gasteiger partial charge < -0.3 is 15.5 Å². The first-order valence-electron chi connectivity index (χ1n) is 6.28. The van der Waals surface area contributed by atoms with E-state index in [4.69, 9.17) is 21.8 Å². The summed E-state index contributed by atoms with van der Waals surface area (Å²) in [7, 11) is 0. The minimum atomic E-state index is -1.42. The number of carbonyl (C=O) groups is 3. The lowest BCUT2D eigenvalue weighted by Gasteiger charge is -2.12. The van der Waals surface area contributed by atoms with E-state index in [-0.39, 0.29) is 6.42 Å². The van der Waals surface area contributed by atoms with Gasteiger partial charge in [-0.1, -0.05) is 23.7 Å². The van der Waals surface area contributed by atoms with Gasteiger partial charge in [-0.05, 0) is 30.5 Å². The predicted molar refractivity (Wildman–Crippen MR) is 76.3 cm³/mol. The zero-order valence-corrected chi connectivity index (χ0v) is 12.2. The molecule has 0 aliphatic carbocycles. The second-order valence-electron chi connectivity index (χ2n) is 4.64. The Hall–Kier alpha value is -2.08. The molecular weight excluding hydrogens is 298 g/mol. The lowest BCUT2D eigenvalue weighted by molar-refractivity contribution is -0.147.